The van der Waals surface area contributed by atoms with Crippen LogP contribution in [0.15, 0.2) is 18.3 Å². The summed E-state index contributed by atoms with van der Waals surface area (Å²) in [6, 6.07) is 5.67. The van der Waals surface area contributed by atoms with Gasteiger partial charge in [0.1, 0.15) is 12.4 Å². The molecule has 1 aliphatic carbocycles. The summed E-state index contributed by atoms with van der Waals surface area (Å²) in [7, 11) is 2.28. The number of hydrogen-bond donors (Lipinski definition) is 1. The molecular weight excluding hydrogens is 586 g/mol. The van der Waals surface area contributed by atoms with Crippen molar-refractivity contribution in [3.63, 3.8) is 0 Å². The Morgan fingerprint density at radius 2 is 1.78 bits per heavy atom. The first-order valence-electron chi connectivity index (χ1n) is 16.7. The SMILES string of the molecule is COCCC1(CCOC)C(=O)N(CCN2CCOCC2)c2cc3c4c([nH]c3cc21)-c1nn(COCC[Si](C)(C)C)cc1CCC4. The van der Waals surface area contributed by atoms with Crippen molar-refractivity contribution in [3.8, 4) is 11.4 Å². The Morgan fingerprint density at radius 3 is 2.49 bits per heavy atom. The molecule has 0 spiro atoms. The van der Waals surface area contributed by atoms with E-state index in [0.717, 1.165) is 92.9 Å². The monoisotopic (exact) mass is 637 g/mol. The van der Waals surface area contributed by atoms with Crippen molar-refractivity contribution in [1.82, 2.24) is 19.7 Å². The standard InChI is InChI=1S/C34H51N5O5Si/c1-41-15-9-34(10-16-42-2)28-22-29-27(21-30(28)39(33(34)40)12-11-37-13-17-43-18-14-37)26-8-6-7-25-23-38(36-31(25)32(26)35-29)24-44-19-20-45(3,4)5/h21-23,35H,6-20,24H2,1-5H3. The molecule has 0 radical (unpaired) electrons. The molecule has 3 aromatic rings. The van der Waals surface area contributed by atoms with Crippen LogP contribution in [0.1, 0.15) is 36.0 Å². The van der Waals surface area contributed by atoms with Crippen molar-refractivity contribution < 1.29 is 23.7 Å². The molecule has 1 aromatic carbocycles. The zero-order valence-corrected chi connectivity index (χ0v) is 28.9. The Morgan fingerprint density at radius 1 is 1.02 bits per heavy atom. The summed E-state index contributed by atoms with van der Waals surface area (Å²) >= 11 is 0. The maximum Gasteiger partial charge on any atom is 0.237 e. The molecule has 45 heavy (non-hydrogen) atoms. The van der Waals surface area contributed by atoms with Gasteiger partial charge in [0.2, 0.25) is 5.91 Å². The van der Waals surface area contributed by atoms with E-state index in [-0.39, 0.29) is 5.91 Å². The van der Waals surface area contributed by atoms with Crippen molar-refractivity contribution in [3.05, 3.63) is 35.0 Å². The zero-order chi connectivity index (χ0) is 31.6. The van der Waals surface area contributed by atoms with Gasteiger partial charge in [-0.1, -0.05) is 19.6 Å². The van der Waals surface area contributed by atoms with Crippen molar-refractivity contribution in [2.45, 2.75) is 69.9 Å². The summed E-state index contributed by atoms with van der Waals surface area (Å²) in [4.78, 5) is 22.7. The molecule has 11 heteroatoms. The van der Waals surface area contributed by atoms with E-state index in [4.69, 9.17) is 24.0 Å². The largest absolute Gasteiger partial charge is 0.385 e. The minimum absolute atomic E-state index is 0.161. The third-order valence-electron chi connectivity index (χ3n) is 9.86. The number of methoxy groups -OCH3 is 2. The zero-order valence-electron chi connectivity index (χ0n) is 27.9. The second kappa shape index (κ2) is 13.7. The summed E-state index contributed by atoms with van der Waals surface area (Å²) in [5.41, 5.74) is 7.17. The average molecular weight is 638 g/mol. The minimum Gasteiger partial charge on any atom is -0.385 e. The number of carbonyl (C=O) groups excluding carboxylic acids is 1. The van der Waals surface area contributed by atoms with Gasteiger partial charge in [-0.15, -0.1) is 0 Å². The van der Waals surface area contributed by atoms with E-state index in [1.807, 2.05) is 9.58 Å². The molecular formula is C34H51N5O5Si. The number of aryl methyl sites for hydroxylation is 2. The number of carbonyl (C=O) groups is 1. The van der Waals surface area contributed by atoms with Gasteiger partial charge in [0, 0.05) is 91.1 Å². The fourth-order valence-electron chi connectivity index (χ4n) is 7.20. The highest BCUT2D eigenvalue weighted by Gasteiger charge is 2.50. The highest BCUT2D eigenvalue weighted by Crippen LogP contribution is 2.49. The van der Waals surface area contributed by atoms with Crippen molar-refractivity contribution in [1.29, 1.82) is 0 Å². The molecule has 1 saturated heterocycles. The van der Waals surface area contributed by atoms with E-state index in [1.165, 1.54) is 16.5 Å². The topological polar surface area (TPSA) is 94.1 Å². The number of nitrogens with zero attached hydrogens (tertiary/aromatic N) is 4. The number of anilines is 1. The Bertz CT molecular complexity index is 1480. The summed E-state index contributed by atoms with van der Waals surface area (Å²) in [5.74, 6) is 0.161. The number of hydrogen-bond acceptors (Lipinski definition) is 7. The number of ether oxygens (including phenoxy) is 4. The number of aromatic nitrogens is 3. The molecule has 2 aliphatic heterocycles. The van der Waals surface area contributed by atoms with Crippen molar-refractivity contribution in [2.24, 2.45) is 0 Å². The summed E-state index contributed by atoms with van der Waals surface area (Å²) < 4.78 is 24.7. The van der Waals surface area contributed by atoms with Crippen LogP contribution in [0.5, 0.6) is 0 Å². The Kier molecular flexibility index (Phi) is 9.84. The first kappa shape index (κ1) is 32.4. The third-order valence-corrected chi connectivity index (χ3v) is 11.6. The van der Waals surface area contributed by atoms with E-state index >= 15 is 0 Å². The Balaban J connectivity index is 1.37. The number of H-pyrrole nitrogens is 1. The highest BCUT2D eigenvalue weighted by molar-refractivity contribution is 6.76. The number of benzene rings is 1. The van der Waals surface area contributed by atoms with Crippen molar-refractivity contribution in [2.75, 3.05) is 78.3 Å². The number of amides is 1. The van der Waals surface area contributed by atoms with Crippen LogP contribution in [-0.4, -0.2) is 107 Å². The lowest BCUT2D eigenvalue weighted by atomic mass is 9.76. The van der Waals surface area contributed by atoms with Crippen LogP contribution in [0.25, 0.3) is 22.3 Å². The third kappa shape index (κ3) is 6.66. The van der Waals surface area contributed by atoms with Crippen LogP contribution >= 0.6 is 0 Å². The van der Waals surface area contributed by atoms with E-state index in [0.29, 0.717) is 39.3 Å². The predicted molar refractivity (Wildman–Crippen MR) is 180 cm³/mol. The number of aromatic amines is 1. The number of morpholine rings is 1. The van der Waals surface area contributed by atoms with Gasteiger partial charge in [0.05, 0.1) is 24.3 Å². The molecule has 0 bridgehead atoms. The van der Waals surface area contributed by atoms with Crippen LogP contribution in [0.2, 0.25) is 25.7 Å². The average Bonchev–Trinajstić information content (AvgIpc) is 3.62. The van der Waals surface area contributed by atoms with Gasteiger partial charge in [-0.3, -0.25) is 9.69 Å². The lowest BCUT2D eigenvalue weighted by Crippen LogP contribution is -2.46. The van der Waals surface area contributed by atoms with Gasteiger partial charge in [0.25, 0.3) is 0 Å². The Labute approximate surface area is 268 Å². The molecule has 246 valence electrons. The van der Waals surface area contributed by atoms with Crippen LogP contribution in [0, 0.1) is 0 Å². The first-order valence-corrected chi connectivity index (χ1v) is 20.4. The normalized spacial score (nSPS) is 18.3. The predicted octanol–water partition coefficient (Wildman–Crippen LogP) is 4.82. The molecule has 1 N–H and O–H groups in total. The van der Waals surface area contributed by atoms with Crippen molar-refractivity contribution >= 4 is 30.6 Å². The van der Waals surface area contributed by atoms with Crippen LogP contribution in [0.4, 0.5) is 5.69 Å². The quantitative estimate of drug-likeness (QED) is 0.200. The minimum atomic E-state index is -1.14. The van der Waals surface area contributed by atoms with Crippen LogP contribution < -0.4 is 4.90 Å². The smallest absolute Gasteiger partial charge is 0.237 e. The van der Waals surface area contributed by atoms with Crippen LogP contribution in [-0.2, 0) is 48.7 Å². The second-order valence-electron chi connectivity index (χ2n) is 14.1. The molecule has 0 atom stereocenters. The molecule has 0 saturated carbocycles. The summed E-state index contributed by atoms with van der Waals surface area (Å²) in [6.45, 7) is 14.1. The number of rotatable bonds is 14. The van der Waals surface area contributed by atoms with Gasteiger partial charge in [-0.05, 0) is 67.0 Å². The van der Waals surface area contributed by atoms with Gasteiger partial charge in [-0.2, -0.15) is 5.10 Å². The van der Waals surface area contributed by atoms with Crippen LogP contribution in [0.3, 0.4) is 0 Å². The van der Waals surface area contributed by atoms with Gasteiger partial charge < -0.3 is 28.8 Å². The van der Waals surface area contributed by atoms with Gasteiger partial charge >= 0.3 is 0 Å². The van der Waals surface area contributed by atoms with E-state index in [2.05, 4.69) is 47.9 Å². The second-order valence-corrected chi connectivity index (χ2v) is 19.7. The molecule has 4 heterocycles. The Hall–Kier alpha value is -2.54. The van der Waals surface area contributed by atoms with E-state index < -0.39 is 13.5 Å². The molecule has 6 rings (SSSR count). The lowest BCUT2D eigenvalue weighted by molar-refractivity contribution is -0.124. The fraction of sp³-hybridized carbons (Fsp3) is 0.647. The van der Waals surface area contributed by atoms with E-state index in [1.54, 1.807) is 14.2 Å². The number of nitrogens with one attached hydrogen (secondary N) is 1. The first-order chi connectivity index (χ1) is 21.7. The summed E-state index contributed by atoms with van der Waals surface area (Å²) in [6.07, 6.45) is 6.41. The highest BCUT2D eigenvalue weighted by atomic mass is 28.3. The molecule has 0 unspecified atom stereocenters. The molecule has 2 aromatic heterocycles. The van der Waals surface area contributed by atoms with E-state index in [9.17, 15) is 4.79 Å². The molecule has 3 aliphatic rings. The number of fused-ring (bicyclic) bond motifs is 6. The molecule has 10 nitrogen and oxygen atoms in total. The fourth-order valence-corrected chi connectivity index (χ4v) is 7.96. The molecule has 1 fully saturated rings. The van der Waals surface area contributed by atoms with Gasteiger partial charge in [0.15, 0.2) is 0 Å². The maximum absolute atomic E-state index is 14.5. The van der Waals surface area contributed by atoms with Gasteiger partial charge in [-0.25, -0.2) is 4.68 Å². The summed E-state index contributed by atoms with van der Waals surface area (Å²) in [5, 5.41) is 6.23. The lowest BCUT2D eigenvalue weighted by Gasteiger charge is -2.31. The maximum atomic E-state index is 14.5. The molecule has 1 amide bonds.